The van der Waals surface area contributed by atoms with Crippen molar-refractivity contribution in [2.24, 2.45) is 0 Å². The quantitative estimate of drug-likeness (QED) is 0.348. The van der Waals surface area contributed by atoms with Gasteiger partial charge in [0.25, 0.3) is 0 Å². The summed E-state index contributed by atoms with van der Waals surface area (Å²) in [6, 6.07) is 15.5. The lowest BCUT2D eigenvalue weighted by molar-refractivity contribution is -0.131. The molecule has 0 fully saturated rings. The van der Waals surface area contributed by atoms with E-state index in [2.05, 4.69) is 43.1 Å². The van der Waals surface area contributed by atoms with Crippen molar-refractivity contribution in [1.29, 1.82) is 5.26 Å². The Kier molecular flexibility index (Phi) is 5.49. The monoisotopic (exact) mass is 374 g/mol. The fraction of sp³-hybridized carbons (Fsp3) is 0.136. The third-order valence-electron chi connectivity index (χ3n) is 3.97. The van der Waals surface area contributed by atoms with Crippen LogP contribution < -0.4 is 4.74 Å². The number of carbonyl (C=O) groups is 1. The number of hydrogen-bond acceptors (Lipinski definition) is 5. The number of nitrogens with zero attached hydrogens (tertiary/aromatic N) is 2. The van der Waals surface area contributed by atoms with Gasteiger partial charge in [-0.3, -0.25) is 4.79 Å². The molecule has 134 valence electrons. The van der Waals surface area contributed by atoms with Gasteiger partial charge in [-0.1, -0.05) is 35.9 Å². The first-order valence-corrected chi connectivity index (χ1v) is 9.28. The van der Waals surface area contributed by atoms with Gasteiger partial charge in [0, 0.05) is 17.9 Å². The largest absolute Gasteiger partial charge is 0.427 e. The van der Waals surface area contributed by atoms with Crippen molar-refractivity contribution in [3.63, 3.8) is 0 Å². The van der Waals surface area contributed by atoms with E-state index in [1.807, 2.05) is 5.38 Å². The molecule has 1 aromatic heterocycles. The Balaban J connectivity index is 1.88. The maximum absolute atomic E-state index is 11.0. The first kappa shape index (κ1) is 18.6. The van der Waals surface area contributed by atoms with Crippen molar-refractivity contribution in [1.82, 2.24) is 4.98 Å². The first-order valence-electron chi connectivity index (χ1n) is 8.40. The van der Waals surface area contributed by atoms with E-state index in [-0.39, 0.29) is 5.97 Å². The Bertz CT molecular complexity index is 1060. The van der Waals surface area contributed by atoms with E-state index in [1.165, 1.54) is 23.8 Å². The lowest BCUT2D eigenvalue weighted by Crippen LogP contribution is -2.00. The van der Waals surface area contributed by atoms with Gasteiger partial charge in [-0.25, -0.2) is 4.98 Å². The number of rotatable bonds is 4. The number of thiazole rings is 1. The van der Waals surface area contributed by atoms with Crippen LogP contribution in [0.1, 0.15) is 28.6 Å². The van der Waals surface area contributed by atoms with Crippen molar-refractivity contribution in [2.45, 2.75) is 20.8 Å². The summed E-state index contributed by atoms with van der Waals surface area (Å²) in [6.45, 7) is 5.48. The van der Waals surface area contributed by atoms with E-state index in [1.54, 1.807) is 30.3 Å². The van der Waals surface area contributed by atoms with Crippen LogP contribution in [-0.4, -0.2) is 11.0 Å². The van der Waals surface area contributed by atoms with Gasteiger partial charge in [0.1, 0.15) is 16.8 Å². The molecule has 4 nitrogen and oxygen atoms in total. The number of aryl methyl sites for hydroxylation is 2. The van der Waals surface area contributed by atoms with E-state index >= 15 is 0 Å². The predicted octanol–water partition coefficient (Wildman–Crippen LogP) is 5.42. The summed E-state index contributed by atoms with van der Waals surface area (Å²) in [6.07, 6.45) is 1.78. The number of benzene rings is 2. The molecule has 1 heterocycles. The molecule has 0 saturated carbocycles. The van der Waals surface area contributed by atoms with Crippen LogP contribution >= 0.6 is 11.3 Å². The van der Waals surface area contributed by atoms with Crippen molar-refractivity contribution in [3.8, 4) is 23.1 Å². The molecule has 5 heteroatoms. The van der Waals surface area contributed by atoms with Crippen molar-refractivity contribution in [2.75, 3.05) is 0 Å². The highest BCUT2D eigenvalue weighted by Gasteiger charge is 2.11. The molecule has 0 N–H and O–H groups in total. The van der Waals surface area contributed by atoms with E-state index in [4.69, 9.17) is 4.74 Å². The van der Waals surface area contributed by atoms with Crippen molar-refractivity contribution >= 4 is 29.0 Å². The Labute approximate surface area is 162 Å². The third-order valence-corrected chi connectivity index (χ3v) is 4.84. The van der Waals surface area contributed by atoms with E-state index in [9.17, 15) is 10.1 Å². The number of carbonyl (C=O) groups excluding carboxylic acids is 1. The number of nitriles is 1. The Morgan fingerprint density at radius 3 is 2.56 bits per heavy atom. The summed E-state index contributed by atoms with van der Waals surface area (Å²) in [5.41, 5.74) is 5.66. The molecule has 0 atom stereocenters. The number of ether oxygens (including phenoxy) is 1. The van der Waals surface area contributed by atoms with Crippen LogP contribution in [0.15, 0.2) is 47.8 Å². The molecule has 0 amide bonds. The molecule has 27 heavy (non-hydrogen) atoms. The van der Waals surface area contributed by atoms with E-state index < -0.39 is 0 Å². The van der Waals surface area contributed by atoms with Crippen molar-refractivity contribution < 1.29 is 9.53 Å². The minimum Gasteiger partial charge on any atom is -0.427 e. The Hall–Kier alpha value is -3.23. The zero-order valence-electron chi connectivity index (χ0n) is 15.3. The van der Waals surface area contributed by atoms with Gasteiger partial charge in [0.2, 0.25) is 0 Å². The number of allylic oxidation sites excluding steroid dienone is 1. The molecule has 0 saturated heterocycles. The van der Waals surface area contributed by atoms with Gasteiger partial charge in [-0.2, -0.15) is 5.26 Å². The molecule has 0 radical (unpaired) electrons. The van der Waals surface area contributed by atoms with Gasteiger partial charge in [0.15, 0.2) is 0 Å². The average Bonchev–Trinajstić information content (AvgIpc) is 3.10. The summed E-state index contributed by atoms with van der Waals surface area (Å²) in [5, 5.41) is 12.2. The highest BCUT2D eigenvalue weighted by Crippen LogP contribution is 2.29. The average molecular weight is 374 g/mol. The second-order valence-corrected chi connectivity index (χ2v) is 7.05. The maximum atomic E-state index is 11.0. The van der Waals surface area contributed by atoms with Crippen LogP contribution in [-0.2, 0) is 4.79 Å². The summed E-state index contributed by atoms with van der Waals surface area (Å²) in [4.78, 5) is 15.6. The van der Waals surface area contributed by atoms with E-state index in [0.29, 0.717) is 16.3 Å². The molecule has 0 unspecified atom stereocenters. The summed E-state index contributed by atoms with van der Waals surface area (Å²) < 4.78 is 5.02. The highest BCUT2D eigenvalue weighted by molar-refractivity contribution is 7.11. The van der Waals surface area contributed by atoms with Crippen LogP contribution in [0.3, 0.4) is 0 Å². The zero-order valence-corrected chi connectivity index (χ0v) is 16.1. The molecule has 2 aromatic carbocycles. The second kappa shape index (κ2) is 7.98. The molecule has 0 aliphatic rings. The molecular weight excluding hydrogens is 356 g/mol. The number of hydrogen-bond donors (Lipinski definition) is 0. The van der Waals surface area contributed by atoms with Crippen molar-refractivity contribution in [3.05, 3.63) is 69.5 Å². The number of esters is 1. The minimum absolute atomic E-state index is 0.363. The van der Waals surface area contributed by atoms with Crippen LogP contribution in [0.25, 0.3) is 22.9 Å². The van der Waals surface area contributed by atoms with Gasteiger partial charge >= 0.3 is 5.97 Å². The van der Waals surface area contributed by atoms with Gasteiger partial charge < -0.3 is 4.74 Å². The van der Waals surface area contributed by atoms with Crippen LogP contribution in [0.5, 0.6) is 5.75 Å². The molecule has 0 aliphatic carbocycles. The summed E-state index contributed by atoms with van der Waals surface area (Å²) in [7, 11) is 0. The maximum Gasteiger partial charge on any atom is 0.308 e. The zero-order chi connectivity index (χ0) is 19.4. The molecule has 0 aliphatic heterocycles. The normalized spacial score (nSPS) is 11.1. The Morgan fingerprint density at radius 2 is 1.93 bits per heavy atom. The van der Waals surface area contributed by atoms with E-state index in [0.717, 1.165) is 22.4 Å². The van der Waals surface area contributed by atoms with Gasteiger partial charge in [-0.05, 0) is 43.2 Å². The summed E-state index contributed by atoms with van der Waals surface area (Å²) >= 11 is 1.45. The molecule has 3 aromatic rings. The molecule has 3 rings (SSSR count). The topological polar surface area (TPSA) is 63.0 Å². The van der Waals surface area contributed by atoms with Gasteiger partial charge in [0.05, 0.1) is 11.3 Å². The van der Waals surface area contributed by atoms with Crippen LogP contribution in [0.2, 0.25) is 0 Å². The molecular formula is C22H18N2O2S. The second-order valence-electron chi connectivity index (χ2n) is 6.19. The smallest absolute Gasteiger partial charge is 0.308 e. The first-order chi connectivity index (χ1) is 13.0. The summed E-state index contributed by atoms with van der Waals surface area (Å²) in [5.74, 6) is 0.113. The Morgan fingerprint density at radius 1 is 1.19 bits per heavy atom. The molecule has 0 bridgehead atoms. The highest BCUT2D eigenvalue weighted by atomic mass is 32.1. The molecule has 0 spiro atoms. The van der Waals surface area contributed by atoms with Crippen LogP contribution in [0, 0.1) is 25.2 Å². The van der Waals surface area contributed by atoms with Crippen LogP contribution in [0.4, 0.5) is 0 Å². The fourth-order valence-corrected chi connectivity index (χ4v) is 3.51. The standard InChI is InChI=1S/C22H18N2O2S/c1-14-4-9-20(15(2)10-14)21-13-27-22(24-21)18(12-23)11-17-5-7-19(8-6-17)26-16(3)25/h4-11,13H,1-3H3/b18-11+. The SMILES string of the molecule is CC(=O)Oc1ccc(/C=C(\C#N)c2nc(-c3ccc(C)cc3C)cs2)cc1. The minimum atomic E-state index is -0.363. The predicted molar refractivity (Wildman–Crippen MR) is 108 cm³/mol. The fourth-order valence-electron chi connectivity index (χ4n) is 2.73. The van der Waals surface area contributed by atoms with Gasteiger partial charge in [-0.15, -0.1) is 11.3 Å². The lowest BCUT2D eigenvalue weighted by Gasteiger charge is -2.03. The lowest BCUT2D eigenvalue weighted by atomic mass is 10.0. The number of aromatic nitrogens is 1. The third kappa shape index (κ3) is 4.49.